The van der Waals surface area contributed by atoms with Gasteiger partial charge in [0.25, 0.3) is 0 Å². The summed E-state index contributed by atoms with van der Waals surface area (Å²) in [6, 6.07) is 16.1. The minimum Gasteiger partial charge on any atom is -0.353 e. The maximum Gasteiger partial charge on any atom is 0.397 e. The van der Waals surface area contributed by atoms with Crippen LogP contribution in [0.3, 0.4) is 0 Å². The van der Waals surface area contributed by atoms with Gasteiger partial charge in [0.05, 0.1) is 22.7 Å². The Bertz CT molecular complexity index is 1170. The fourth-order valence-corrected chi connectivity index (χ4v) is 3.67. The molecular formula is C22H18F3N5O. The zero-order valence-electron chi connectivity index (χ0n) is 16.4. The summed E-state index contributed by atoms with van der Waals surface area (Å²) in [7, 11) is 0. The minimum atomic E-state index is -4.54. The Kier molecular flexibility index (Phi) is 5.46. The van der Waals surface area contributed by atoms with E-state index >= 15 is 0 Å². The first-order valence-corrected chi connectivity index (χ1v) is 9.71. The summed E-state index contributed by atoms with van der Waals surface area (Å²) in [6.45, 7) is 0.830. The van der Waals surface area contributed by atoms with Crippen LogP contribution in [0.2, 0.25) is 0 Å². The molecule has 1 aliphatic rings. The molecule has 6 nitrogen and oxygen atoms in total. The lowest BCUT2D eigenvalue weighted by molar-refractivity contribution is -0.154. The van der Waals surface area contributed by atoms with Crippen LogP contribution in [0.5, 0.6) is 0 Å². The monoisotopic (exact) mass is 425 g/mol. The van der Waals surface area contributed by atoms with Crippen LogP contribution in [0.15, 0.2) is 48.5 Å². The van der Waals surface area contributed by atoms with E-state index in [2.05, 4.69) is 11.4 Å². The molecular weight excluding hydrogens is 407 g/mol. The van der Waals surface area contributed by atoms with E-state index in [4.69, 9.17) is 9.97 Å². The average molecular weight is 425 g/mol. The number of anilines is 1. The van der Waals surface area contributed by atoms with Gasteiger partial charge in [-0.15, -0.1) is 0 Å². The molecule has 1 atom stereocenters. The SMILES string of the molecule is N#Cc1cccc(-c2nc3ccccc3nc2N2CCC(NC(=O)CC(F)(F)F)C2)c1. The largest absolute Gasteiger partial charge is 0.397 e. The van der Waals surface area contributed by atoms with Crippen molar-refractivity contribution >= 4 is 22.8 Å². The zero-order valence-corrected chi connectivity index (χ0v) is 16.4. The van der Waals surface area contributed by atoms with E-state index < -0.39 is 24.5 Å². The summed E-state index contributed by atoms with van der Waals surface area (Å²) >= 11 is 0. The lowest BCUT2D eigenvalue weighted by Crippen LogP contribution is -2.39. The summed E-state index contributed by atoms with van der Waals surface area (Å²) in [5.74, 6) is -0.466. The van der Waals surface area contributed by atoms with Crippen molar-refractivity contribution in [3.8, 4) is 17.3 Å². The van der Waals surface area contributed by atoms with Crippen molar-refractivity contribution in [1.82, 2.24) is 15.3 Å². The molecule has 1 aromatic heterocycles. The summed E-state index contributed by atoms with van der Waals surface area (Å²) in [4.78, 5) is 23.1. The lowest BCUT2D eigenvalue weighted by atomic mass is 10.1. The van der Waals surface area contributed by atoms with Crippen LogP contribution in [0.4, 0.5) is 19.0 Å². The molecule has 1 unspecified atom stereocenters. The predicted octanol–water partition coefficient (Wildman–Crippen LogP) is 3.82. The smallest absolute Gasteiger partial charge is 0.353 e. The Balaban J connectivity index is 1.65. The highest BCUT2D eigenvalue weighted by Crippen LogP contribution is 2.32. The molecule has 0 saturated carbocycles. The number of aromatic nitrogens is 2. The Morgan fingerprint density at radius 3 is 2.61 bits per heavy atom. The van der Waals surface area contributed by atoms with E-state index in [0.29, 0.717) is 47.6 Å². The van der Waals surface area contributed by atoms with E-state index in [9.17, 15) is 23.2 Å². The molecule has 0 aliphatic carbocycles. The number of benzene rings is 2. The third kappa shape index (κ3) is 4.74. The summed E-state index contributed by atoms with van der Waals surface area (Å²) in [5.41, 5.74) is 3.16. The molecule has 0 bridgehead atoms. The van der Waals surface area contributed by atoms with Crippen molar-refractivity contribution in [2.75, 3.05) is 18.0 Å². The maximum atomic E-state index is 12.5. The standard InChI is InChI=1S/C22H18F3N5O/c23-22(24,25)11-19(31)27-16-8-9-30(13-16)21-20(15-5-3-4-14(10-15)12-26)28-17-6-1-2-7-18(17)29-21/h1-7,10,16H,8-9,11,13H2,(H,27,31). The van der Waals surface area contributed by atoms with E-state index in [-0.39, 0.29) is 0 Å². The van der Waals surface area contributed by atoms with Crippen LogP contribution in [0.1, 0.15) is 18.4 Å². The summed E-state index contributed by atoms with van der Waals surface area (Å²) < 4.78 is 37.4. The van der Waals surface area contributed by atoms with E-state index in [1.54, 1.807) is 18.2 Å². The number of halogens is 3. The van der Waals surface area contributed by atoms with Gasteiger partial charge in [0.15, 0.2) is 5.82 Å². The molecule has 31 heavy (non-hydrogen) atoms. The van der Waals surface area contributed by atoms with Crippen LogP contribution < -0.4 is 10.2 Å². The van der Waals surface area contributed by atoms with Gasteiger partial charge in [-0.25, -0.2) is 9.97 Å². The number of nitrogens with one attached hydrogen (secondary N) is 1. The van der Waals surface area contributed by atoms with Crippen molar-refractivity contribution in [1.29, 1.82) is 5.26 Å². The number of hydrogen-bond donors (Lipinski definition) is 1. The van der Waals surface area contributed by atoms with Gasteiger partial charge in [-0.1, -0.05) is 24.3 Å². The number of carbonyl (C=O) groups is 1. The quantitative estimate of drug-likeness (QED) is 0.687. The van der Waals surface area contributed by atoms with Gasteiger partial charge in [0.2, 0.25) is 5.91 Å². The highest BCUT2D eigenvalue weighted by molar-refractivity contribution is 5.84. The van der Waals surface area contributed by atoms with Gasteiger partial charge in [0, 0.05) is 24.7 Å². The maximum absolute atomic E-state index is 12.5. The normalized spacial score (nSPS) is 16.3. The Morgan fingerprint density at radius 1 is 1.16 bits per heavy atom. The van der Waals surface area contributed by atoms with Crippen LogP contribution in [-0.4, -0.2) is 41.2 Å². The molecule has 3 aromatic rings. The molecule has 1 amide bonds. The third-order valence-electron chi connectivity index (χ3n) is 5.03. The van der Waals surface area contributed by atoms with E-state index in [1.807, 2.05) is 35.2 Å². The predicted molar refractivity (Wildman–Crippen MR) is 109 cm³/mol. The Morgan fingerprint density at radius 2 is 1.90 bits per heavy atom. The van der Waals surface area contributed by atoms with Gasteiger partial charge >= 0.3 is 6.18 Å². The molecule has 9 heteroatoms. The van der Waals surface area contributed by atoms with Crippen molar-refractivity contribution in [2.24, 2.45) is 0 Å². The van der Waals surface area contributed by atoms with Crippen molar-refractivity contribution in [2.45, 2.75) is 25.1 Å². The first-order chi connectivity index (χ1) is 14.8. The molecule has 1 aliphatic heterocycles. The third-order valence-corrected chi connectivity index (χ3v) is 5.03. The molecule has 4 rings (SSSR count). The highest BCUT2D eigenvalue weighted by atomic mass is 19.4. The second-order valence-electron chi connectivity index (χ2n) is 7.37. The van der Waals surface area contributed by atoms with Gasteiger partial charge in [-0.2, -0.15) is 18.4 Å². The molecule has 0 radical (unpaired) electrons. The summed E-state index contributed by atoms with van der Waals surface area (Å²) in [5, 5.41) is 11.7. The number of alkyl halides is 3. The second-order valence-corrected chi connectivity index (χ2v) is 7.37. The molecule has 1 fully saturated rings. The molecule has 1 saturated heterocycles. The van der Waals surface area contributed by atoms with Gasteiger partial charge in [0.1, 0.15) is 12.1 Å². The number of nitriles is 1. The van der Waals surface area contributed by atoms with Crippen LogP contribution >= 0.6 is 0 Å². The fraction of sp³-hybridized carbons (Fsp3) is 0.273. The minimum absolute atomic E-state index is 0.321. The number of hydrogen-bond acceptors (Lipinski definition) is 5. The van der Waals surface area contributed by atoms with Crippen LogP contribution in [0, 0.1) is 11.3 Å². The van der Waals surface area contributed by atoms with Crippen molar-refractivity contribution < 1.29 is 18.0 Å². The highest BCUT2D eigenvalue weighted by Gasteiger charge is 2.34. The molecule has 0 spiro atoms. The zero-order chi connectivity index (χ0) is 22.0. The summed E-state index contributed by atoms with van der Waals surface area (Å²) in [6.07, 6.45) is -5.54. The van der Waals surface area contributed by atoms with Crippen LogP contribution in [0.25, 0.3) is 22.3 Å². The van der Waals surface area contributed by atoms with Gasteiger partial charge in [-0.05, 0) is 30.7 Å². The number of rotatable bonds is 4. The Labute approximate surface area is 176 Å². The number of nitrogens with zero attached hydrogens (tertiary/aromatic N) is 4. The first-order valence-electron chi connectivity index (χ1n) is 9.71. The second kappa shape index (κ2) is 8.22. The lowest BCUT2D eigenvalue weighted by Gasteiger charge is -2.21. The van der Waals surface area contributed by atoms with E-state index in [0.717, 1.165) is 5.56 Å². The van der Waals surface area contributed by atoms with Crippen molar-refractivity contribution in [3.63, 3.8) is 0 Å². The van der Waals surface area contributed by atoms with Gasteiger partial charge < -0.3 is 10.2 Å². The topological polar surface area (TPSA) is 81.9 Å². The van der Waals surface area contributed by atoms with Crippen molar-refractivity contribution in [3.05, 3.63) is 54.1 Å². The number of fused-ring (bicyclic) bond motifs is 1. The van der Waals surface area contributed by atoms with Gasteiger partial charge in [-0.3, -0.25) is 4.79 Å². The fourth-order valence-electron chi connectivity index (χ4n) is 3.67. The number of para-hydroxylation sites is 2. The van der Waals surface area contributed by atoms with Crippen LogP contribution in [-0.2, 0) is 4.79 Å². The first kappa shape index (κ1) is 20.6. The number of amides is 1. The molecule has 2 heterocycles. The molecule has 1 N–H and O–H groups in total. The molecule has 2 aromatic carbocycles. The number of carbonyl (C=O) groups excluding carboxylic acids is 1. The van der Waals surface area contributed by atoms with E-state index in [1.165, 1.54) is 0 Å². The molecule has 158 valence electrons. The Hall–Kier alpha value is -3.67. The average Bonchev–Trinajstić information content (AvgIpc) is 3.19.